The monoisotopic (exact) mass is 330 g/mol. The highest BCUT2D eigenvalue weighted by molar-refractivity contribution is 5.86. The van der Waals surface area contributed by atoms with Crippen molar-refractivity contribution in [2.24, 2.45) is 0 Å². The van der Waals surface area contributed by atoms with E-state index in [4.69, 9.17) is 4.74 Å². The molecule has 24 heavy (non-hydrogen) atoms. The third kappa shape index (κ3) is 3.13. The maximum Gasteiger partial charge on any atom is 0.329 e. The van der Waals surface area contributed by atoms with Crippen molar-refractivity contribution >= 4 is 22.8 Å². The van der Waals surface area contributed by atoms with Crippen molar-refractivity contribution in [2.45, 2.75) is 58.2 Å². The van der Waals surface area contributed by atoms with Crippen molar-refractivity contribution in [3.63, 3.8) is 0 Å². The zero-order valence-corrected chi connectivity index (χ0v) is 13.9. The second kappa shape index (κ2) is 7.03. The average molecular weight is 330 g/mol. The lowest BCUT2D eigenvalue weighted by Crippen LogP contribution is -2.31. The lowest BCUT2D eigenvalue weighted by Gasteiger charge is -2.20. The molecule has 0 radical (unpaired) electrons. The standard InChI is InChI=1S/C18H22N2O4/c1-2-19-13-7-3-4-8-14(13)20(18(19)23)12-11-17(22)24-16-10-6-5-9-15(16)21/h3-4,7-8,16H,2,5-6,9-12H2,1H3/t16-/m0/s1. The Hall–Kier alpha value is -2.37. The summed E-state index contributed by atoms with van der Waals surface area (Å²) in [6, 6.07) is 7.53. The van der Waals surface area contributed by atoms with Gasteiger partial charge in [-0.2, -0.15) is 0 Å². The van der Waals surface area contributed by atoms with Crippen LogP contribution in [0, 0.1) is 0 Å². The largest absolute Gasteiger partial charge is 0.454 e. The van der Waals surface area contributed by atoms with Crippen LogP contribution in [0.2, 0.25) is 0 Å². The summed E-state index contributed by atoms with van der Waals surface area (Å²) in [5.41, 5.74) is 1.55. The van der Waals surface area contributed by atoms with Crippen molar-refractivity contribution in [3.05, 3.63) is 34.7 Å². The SMILES string of the molecule is CCn1c(=O)n(CCC(=O)O[C@H]2CCCCC2=O)c2ccccc21. The number of esters is 1. The van der Waals surface area contributed by atoms with E-state index < -0.39 is 12.1 Å². The van der Waals surface area contributed by atoms with E-state index in [2.05, 4.69) is 0 Å². The number of nitrogens with zero attached hydrogens (tertiary/aromatic N) is 2. The van der Waals surface area contributed by atoms with Crippen LogP contribution in [0.3, 0.4) is 0 Å². The Morgan fingerprint density at radius 3 is 2.54 bits per heavy atom. The van der Waals surface area contributed by atoms with Crippen molar-refractivity contribution in [3.8, 4) is 0 Å². The van der Waals surface area contributed by atoms with Gasteiger partial charge in [-0.25, -0.2) is 4.79 Å². The van der Waals surface area contributed by atoms with E-state index in [1.54, 1.807) is 9.13 Å². The highest BCUT2D eigenvalue weighted by Crippen LogP contribution is 2.18. The van der Waals surface area contributed by atoms with Crippen molar-refractivity contribution in [1.29, 1.82) is 0 Å². The van der Waals surface area contributed by atoms with Crippen LogP contribution in [0.1, 0.15) is 39.0 Å². The first-order valence-corrected chi connectivity index (χ1v) is 8.52. The Bertz CT molecular complexity index is 818. The Balaban J connectivity index is 1.71. The van der Waals surface area contributed by atoms with Gasteiger partial charge in [-0.3, -0.25) is 18.7 Å². The lowest BCUT2D eigenvalue weighted by molar-refractivity contribution is -0.157. The van der Waals surface area contributed by atoms with Gasteiger partial charge in [0.1, 0.15) is 0 Å². The Morgan fingerprint density at radius 2 is 1.88 bits per heavy atom. The van der Waals surface area contributed by atoms with Crippen LogP contribution in [-0.4, -0.2) is 27.0 Å². The molecule has 1 aromatic heterocycles. The number of aryl methyl sites for hydroxylation is 2. The minimum Gasteiger partial charge on any atom is -0.454 e. The van der Waals surface area contributed by atoms with E-state index in [0.29, 0.717) is 19.4 Å². The van der Waals surface area contributed by atoms with Gasteiger partial charge in [0.15, 0.2) is 11.9 Å². The number of hydrogen-bond donors (Lipinski definition) is 0. The summed E-state index contributed by atoms with van der Waals surface area (Å²) in [6.45, 7) is 2.75. The number of Topliss-reactive ketones (excluding diaryl/α,β-unsaturated/α-hetero) is 1. The van der Waals surface area contributed by atoms with Crippen molar-refractivity contribution in [2.75, 3.05) is 0 Å². The Morgan fingerprint density at radius 1 is 1.17 bits per heavy atom. The fraction of sp³-hybridized carbons (Fsp3) is 0.500. The average Bonchev–Trinajstić information content (AvgIpc) is 2.86. The number of rotatable bonds is 5. The molecule has 6 nitrogen and oxygen atoms in total. The second-order valence-corrected chi connectivity index (χ2v) is 6.11. The third-order valence-electron chi connectivity index (χ3n) is 4.55. The van der Waals surface area contributed by atoms with Gasteiger partial charge in [-0.1, -0.05) is 12.1 Å². The van der Waals surface area contributed by atoms with Gasteiger partial charge in [0, 0.05) is 19.5 Å². The van der Waals surface area contributed by atoms with Crippen LogP contribution in [-0.2, 0) is 27.4 Å². The Labute approximate surface area is 140 Å². The second-order valence-electron chi connectivity index (χ2n) is 6.11. The number of hydrogen-bond acceptors (Lipinski definition) is 4. The minimum absolute atomic E-state index is 0.00866. The first-order valence-electron chi connectivity index (χ1n) is 8.52. The fourth-order valence-electron chi connectivity index (χ4n) is 3.29. The molecule has 1 heterocycles. The molecule has 0 N–H and O–H groups in total. The lowest BCUT2D eigenvalue weighted by atomic mass is 9.96. The first-order chi connectivity index (χ1) is 11.6. The number of carbonyl (C=O) groups excluding carboxylic acids is 2. The molecule has 1 aliphatic carbocycles. The summed E-state index contributed by atoms with van der Waals surface area (Å²) in [6.07, 6.45) is 2.37. The molecular formula is C18H22N2O4. The summed E-state index contributed by atoms with van der Waals surface area (Å²) < 4.78 is 8.59. The van der Waals surface area contributed by atoms with Crippen molar-refractivity contribution < 1.29 is 14.3 Å². The molecule has 0 spiro atoms. The number of para-hydroxylation sites is 2. The number of carbonyl (C=O) groups is 2. The number of benzene rings is 1. The zero-order valence-electron chi connectivity index (χ0n) is 13.9. The van der Waals surface area contributed by atoms with Crippen LogP contribution in [0.15, 0.2) is 29.1 Å². The first kappa shape index (κ1) is 16.5. The molecule has 128 valence electrons. The van der Waals surface area contributed by atoms with Gasteiger partial charge in [-0.05, 0) is 38.3 Å². The van der Waals surface area contributed by atoms with Gasteiger partial charge in [0.25, 0.3) is 0 Å². The summed E-state index contributed by atoms with van der Waals surface area (Å²) in [5.74, 6) is -0.412. The summed E-state index contributed by atoms with van der Waals surface area (Å²) in [7, 11) is 0. The molecule has 6 heteroatoms. The van der Waals surface area contributed by atoms with Crippen LogP contribution < -0.4 is 5.69 Å². The number of fused-ring (bicyclic) bond motifs is 1. The maximum absolute atomic E-state index is 12.5. The minimum atomic E-state index is -0.597. The molecule has 0 bridgehead atoms. The molecule has 0 unspecified atom stereocenters. The summed E-state index contributed by atoms with van der Waals surface area (Å²) >= 11 is 0. The highest BCUT2D eigenvalue weighted by atomic mass is 16.5. The molecule has 3 rings (SSSR count). The van der Waals surface area contributed by atoms with Crippen LogP contribution >= 0.6 is 0 Å². The van der Waals surface area contributed by atoms with Gasteiger partial charge >= 0.3 is 11.7 Å². The van der Waals surface area contributed by atoms with Crippen LogP contribution in [0.25, 0.3) is 11.0 Å². The van der Waals surface area contributed by atoms with Gasteiger partial charge in [0.2, 0.25) is 0 Å². The quantitative estimate of drug-likeness (QED) is 0.789. The molecule has 1 aromatic carbocycles. The van der Waals surface area contributed by atoms with E-state index in [1.165, 1.54) is 0 Å². The number of imidazole rings is 1. The zero-order chi connectivity index (χ0) is 17.1. The normalized spacial score (nSPS) is 18.0. The third-order valence-corrected chi connectivity index (χ3v) is 4.55. The Kier molecular flexibility index (Phi) is 4.83. The molecule has 2 aromatic rings. The van der Waals surface area contributed by atoms with E-state index in [0.717, 1.165) is 23.9 Å². The number of ketones is 1. The van der Waals surface area contributed by atoms with Crippen LogP contribution in [0.4, 0.5) is 0 Å². The fourth-order valence-corrected chi connectivity index (χ4v) is 3.29. The molecule has 0 amide bonds. The number of aromatic nitrogens is 2. The van der Waals surface area contributed by atoms with Gasteiger partial charge in [-0.15, -0.1) is 0 Å². The van der Waals surface area contributed by atoms with E-state index in [-0.39, 0.29) is 24.4 Å². The highest BCUT2D eigenvalue weighted by Gasteiger charge is 2.25. The molecule has 1 fully saturated rings. The summed E-state index contributed by atoms with van der Waals surface area (Å²) in [5, 5.41) is 0. The topological polar surface area (TPSA) is 70.3 Å². The number of ether oxygens (including phenoxy) is 1. The molecular weight excluding hydrogens is 308 g/mol. The molecule has 1 saturated carbocycles. The molecule has 0 aliphatic heterocycles. The summed E-state index contributed by atoms with van der Waals surface area (Å²) in [4.78, 5) is 36.3. The smallest absolute Gasteiger partial charge is 0.329 e. The van der Waals surface area contributed by atoms with E-state index >= 15 is 0 Å². The predicted molar refractivity (Wildman–Crippen MR) is 89.8 cm³/mol. The van der Waals surface area contributed by atoms with Crippen LogP contribution in [0.5, 0.6) is 0 Å². The molecule has 0 saturated heterocycles. The predicted octanol–water partition coefficient (Wildman–Crippen LogP) is 2.27. The van der Waals surface area contributed by atoms with Crippen molar-refractivity contribution in [1.82, 2.24) is 9.13 Å². The molecule has 1 aliphatic rings. The maximum atomic E-state index is 12.5. The van der Waals surface area contributed by atoms with Gasteiger partial charge < -0.3 is 4.74 Å². The van der Waals surface area contributed by atoms with E-state index in [1.807, 2.05) is 31.2 Å². The molecule has 1 atom stereocenters. The van der Waals surface area contributed by atoms with Gasteiger partial charge in [0.05, 0.1) is 17.5 Å². The van der Waals surface area contributed by atoms with E-state index in [9.17, 15) is 14.4 Å².